The summed E-state index contributed by atoms with van der Waals surface area (Å²) >= 11 is 0. The van der Waals surface area contributed by atoms with Crippen molar-refractivity contribution in [3.05, 3.63) is 29.5 Å². The molecule has 1 unspecified atom stereocenters. The van der Waals surface area contributed by atoms with Crippen molar-refractivity contribution in [3.8, 4) is 5.75 Å². The number of nitrogens with two attached hydrogens (primary N) is 1. The zero-order chi connectivity index (χ0) is 21.4. The SMILES string of the molecule is CC(=O)N1c2ccc(C(C=NC3CC3)=CN)c(OC3CN(C(C)C)C3)c2CCC1C. The first-order valence-electron chi connectivity index (χ1n) is 11.2. The van der Waals surface area contributed by atoms with Gasteiger partial charge >= 0.3 is 0 Å². The highest BCUT2D eigenvalue weighted by Crippen LogP contribution is 2.42. The van der Waals surface area contributed by atoms with Gasteiger partial charge in [0.15, 0.2) is 0 Å². The average molecular weight is 411 g/mol. The van der Waals surface area contributed by atoms with Gasteiger partial charge in [0.25, 0.3) is 0 Å². The van der Waals surface area contributed by atoms with E-state index in [2.05, 4.69) is 30.7 Å². The maximum Gasteiger partial charge on any atom is 0.224 e. The molecule has 1 aromatic rings. The van der Waals surface area contributed by atoms with Gasteiger partial charge in [-0.05, 0) is 58.6 Å². The lowest BCUT2D eigenvalue weighted by Crippen LogP contribution is -2.56. The molecule has 1 amide bonds. The summed E-state index contributed by atoms with van der Waals surface area (Å²) in [6, 6.07) is 5.23. The minimum absolute atomic E-state index is 0.0710. The van der Waals surface area contributed by atoms with Crippen LogP contribution in [0.15, 0.2) is 23.3 Å². The molecule has 2 N–H and O–H groups in total. The van der Waals surface area contributed by atoms with E-state index in [1.54, 1.807) is 13.1 Å². The molecule has 1 saturated heterocycles. The van der Waals surface area contributed by atoms with Crippen LogP contribution in [0, 0.1) is 0 Å². The van der Waals surface area contributed by atoms with Gasteiger partial charge < -0.3 is 15.4 Å². The molecule has 2 fully saturated rings. The highest BCUT2D eigenvalue weighted by atomic mass is 16.5. The molecule has 3 aliphatic rings. The van der Waals surface area contributed by atoms with E-state index in [4.69, 9.17) is 10.5 Å². The van der Waals surface area contributed by atoms with E-state index in [0.29, 0.717) is 12.1 Å². The summed E-state index contributed by atoms with van der Waals surface area (Å²) in [6.07, 6.45) is 7.79. The Morgan fingerprint density at radius 2 is 2.00 bits per heavy atom. The molecule has 4 rings (SSSR count). The molecule has 0 aromatic heterocycles. The third-order valence-electron chi connectivity index (χ3n) is 6.44. The number of likely N-dealkylation sites (tertiary alicyclic amines) is 1. The molecular weight excluding hydrogens is 376 g/mol. The Kier molecular flexibility index (Phi) is 5.87. The summed E-state index contributed by atoms with van der Waals surface area (Å²) < 4.78 is 6.59. The van der Waals surface area contributed by atoms with Crippen molar-refractivity contribution in [2.45, 2.75) is 77.6 Å². The largest absolute Gasteiger partial charge is 0.487 e. The number of nitrogens with zero attached hydrogens (tertiary/aromatic N) is 3. The van der Waals surface area contributed by atoms with E-state index >= 15 is 0 Å². The van der Waals surface area contributed by atoms with Crippen LogP contribution in [0.1, 0.15) is 58.1 Å². The molecule has 30 heavy (non-hydrogen) atoms. The van der Waals surface area contributed by atoms with Gasteiger partial charge in [0, 0.05) is 61.2 Å². The number of rotatable bonds is 6. The Morgan fingerprint density at radius 1 is 1.27 bits per heavy atom. The standard InChI is InChI=1S/C24H34N4O2/c1-15(2)27-13-20(14-27)30-24-21(18(11-25)12-26-19-6-7-19)9-10-23-22(24)8-5-16(3)28(23)17(4)29/h9-12,15-16,19-20H,5-8,13-14,25H2,1-4H3. The molecule has 1 atom stereocenters. The normalized spacial score (nSPS) is 23.0. The van der Waals surface area contributed by atoms with Crippen molar-refractivity contribution in [1.29, 1.82) is 0 Å². The summed E-state index contributed by atoms with van der Waals surface area (Å²) in [4.78, 5) is 21.3. The number of hydrogen-bond donors (Lipinski definition) is 1. The second-order valence-corrected chi connectivity index (χ2v) is 9.14. The van der Waals surface area contributed by atoms with E-state index in [1.807, 2.05) is 23.2 Å². The number of carbonyl (C=O) groups excluding carboxylic acids is 1. The van der Waals surface area contributed by atoms with Gasteiger partial charge in [0.05, 0.1) is 11.7 Å². The first-order chi connectivity index (χ1) is 14.4. The number of benzene rings is 1. The van der Waals surface area contributed by atoms with Crippen LogP contribution in [-0.2, 0) is 11.2 Å². The van der Waals surface area contributed by atoms with Gasteiger partial charge in [-0.15, -0.1) is 0 Å². The number of carbonyl (C=O) groups is 1. The molecule has 2 heterocycles. The second-order valence-electron chi connectivity index (χ2n) is 9.14. The monoisotopic (exact) mass is 410 g/mol. The number of allylic oxidation sites excluding steroid dienone is 1. The summed E-state index contributed by atoms with van der Waals surface area (Å²) in [5.41, 5.74) is 9.95. The lowest BCUT2D eigenvalue weighted by atomic mass is 9.91. The van der Waals surface area contributed by atoms with Gasteiger partial charge in [0.1, 0.15) is 11.9 Å². The maximum atomic E-state index is 12.4. The minimum atomic E-state index is 0.0710. The number of amides is 1. The molecule has 2 aliphatic heterocycles. The smallest absolute Gasteiger partial charge is 0.224 e. The van der Waals surface area contributed by atoms with Crippen molar-refractivity contribution in [3.63, 3.8) is 0 Å². The third-order valence-corrected chi connectivity index (χ3v) is 6.44. The molecule has 6 heteroatoms. The molecule has 1 aliphatic carbocycles. The second kappa shape index (κ2) is 8.42. The number of hydrogen-bond acceptors (Lipinski definition) is 5. The van der Waals surface area contributed by atoms with Crippen LogP contribution in [0.2, 0.25) is 0 Å². The zero-order valence-corrected chi connectivity index (χ0v) is 18.6. The van der Waals surface area contributed by atoms with Gasteiger partial charge in [-0.1, -0.05) is 0 Å². The number of anilines is 1. The van der Waals surface area contributed by atoms with Crippen LogP contribution in [0.25, 0.3) is 5.57 Å². The van der Waals surface area contributed by atoms with Gasteiger partial charge in [-0.25, -0.2) is 0 Å². The van der Waals surface area contributed by atoms with Crippen molar-refractivity contribution < 1.29 is 9.53 Å². The average Bonchev–Trinajstić information content (AvgIpc) is 3.48. The third kappa shape index (κ3) is 4.10. The van der Waals surface area contributed by atoms with Gasteiger partial charge in [-0.3, -0.25) is 14.7 Å². The topological polar surface area (TPSA) is 71.2 Å². The Morgan fingerprint density at radius 3 is 2.60 bits per heavy atom. The van der Waals surface area contributed by atoms with Crippen molar-refractivity contribution in [1.82, 2.24) is 4.90 Å². The first kappa shape index (κ1) is 20.9. The molecule has 0 spiro atoms. The summed E-state index contributed by atoms with van der Waals surface area (Å²) in [5, 5.41) is 0. The van der Waals surface area contributed by atoms with E-state index in [9.17, 15) is 4.79 Å². The summed E-state index contributed by atoms with van der Waals surface area (Å²) in [6.45, 7) is 10.0. The molecule has 6 nitrogen and oxygen atoms in total. The molecule has 1 saturated carbocycles. The molecule has 162 valence electrons. The van der Waals surface area contributed by atoms with E-state index in [-0.39, 0.29) is 18.1 Å². The predicted octanol–water partition coefficient (Wildman–Crippen LogP) is 3.38. The fourth-order valence-electron chi connectivity index (χ4n) is 4.39. The van der Waals surface area contributed by atoms with E-state index in [1.165, 1.54) is 0 Å². The Bertz CT molecular complexity index is 866. The fraction of sp³-hybridized carbons (Fsp3) is 0.583. The predicted molar refractivity (Wildman–Crippen MR) is 122 cm³/mol. The van der Waals surface area contributed by atoms with Crippen molar-refractivity contribution in [2.24, 2.45) is 10.7 Å². The van der Waals surface area contributed by atoms with E-state index < -0.39 is 0 Å². The highest BCUT2D eigenvalue weighted by Gasteiger charge is 2.34. The highest BCUT2D eigenvalue weighted by molar-refractivity contribution is 6.11. The minimum Gasteiger partial charge on any atom is -0.487 e. The van der Waals surface area contributed by atoms with Gasteiger partial charge in [-0.2, -0.15) is 0 Å². The molecular formula is C24H34N4O2. The van der Waals surface area contributed by atoms with Crippen LogP contribution in [0.3, 0.4) is 0 Å². The van der Waals surface area contributed by atoms with Crippen molar-refractivity contribution in [2.75, 3.05) is 18.0 Å². The fourth-order valence-corrected chi connectivity index (χ4v) is 4.39. The number of ether oxygens (including phenoxy) is 1. The van der Waals surface area contributed by atoms with Crippen molar-refractivity contribution >= 4 is 23.4 Å². The Balaban J connectivity index is 1.71. The van der Waals surface area contributed by atoms with E-state index in [0.717, 1.165) is 66.9 Å². The van der Waals surface area contributed by atoms with Crippen LogP contribution in [0.5, 0.6) is 5.75 Å². The van der Waals surface area contributed by atoms with Crippen LogP contribution >= 0.6 is 0 Å². The lowest BCUT2D eigenvalue weighted by molar-refractivity contribution is -0.117. The van der Waals surface area contributed by atoms with Crippen LogP contribution in [0.4, 0.5) is 5.69 Å². The summed E-state index contributed by atoms with van der Waals surface area (Å²) in [7, 11) is 0. The Labute approximate surface area is 179 Å². The first-order valence-corrected chi connectivity index (χ1v) is 11.2. The molecule has 0 radical (unpaired) electrons. The maximum absolute atomic E-state index is 12.4. The summed E-state index contributed by atoms with van der Waals surface area (Å²) in [5.74, 6) is 0.944. The number of fused-ring (bicyclic) bond motifs is 1. The molecule has 1 aromatic carbocycles. The Hall–Kier alpha value is -2.34. The lowest BCUT2D eigenvalue weighted by Gasteiger charge is -2.43. The van der Waals surface area contributed by atoms with Crippen LogP contribution in [-0.4, -0.2) is 54.3 Å². The molecule has 0 bridgehead atoms. The quantitative estimate of drug-likeness (QED) is 0.730. The van der Waals surface area contributed by atoms with Gasteiger partial charge in [0.2, 0.25) is 5.91 Å². The number of aliphatic imine (C=N–C) groups is 1. The van der Waals surface area contributed by atoms with Crippen LogP contribution < -0.4 is 15.4 Å². The zero-order valence-electron chi connectivity index (χ0n) is 18.6.